The molecule has 1 aromatic carbocycles. The highest BCUT2D eigenvalue weighted by Gasteiger charge is 2.32. The Morgan fingerprint density at radius 2 is 1.97 bits per heavy atom. The van der Waals surface area contributed by atoms with Crippen LogP contribution in [0, 0.1) is 0 Å². The second kappa shape index (κ2) is 9.02. The molecule has 10 nitrogen and oxygen atoms in total. The van der Waals surface area contributed by atoms with Gasteiger partial charge in [-0.1, -0.05) is 6.07 Å². The molecule has 2 aromatic heterocycles. The minimum Gasteiger partial charge on any atom is -0.496 e. The Hall–Kier alpha value is -3.79. The van der Waals surface area contributed by atoms with Crippen molar-refractivity contribution in [1.82, 2.24) is 24.6 Å². The van der Waals surface area contributed by atoms with E-state index in [9.17, 15) is 14.7 Å². The summed E-state index contributed by atoms with van der Waals surface area (Å²) in [5, 5.41) is 21.6. The average Bonchev–Trinajstić information content (AvgIpc) is 3.44. The number of ether oxygens (including phenoxy) is 1. The summed E-state index contributed by atoms with van der Waals surface area (Å²) in [7, 11) is 1.53. The van der Waals surface area contributed by atoms with Gasteiger partial charge in [0.25, 0.3) is 11.8 Å². The normalized spacial score (nSPS) is 16.9. The van der Waals surface area contributed by atoms with Gasteiger partial charge < -0.3 is 24.6 Å². The molecule has 36 heavy (non-hydrogen) atoms. The van der Waals surface area contributed by atoms with Crippen molar-refractivity contribution in [2.45, 2.75) is 58.2 Å². The van der Waals surface area contributed by atoms with Gasteiger partial charge in [0.2, 0.25) is 0 Å². The first-order valence-corrected chi connectivity index (χ1v) is 12.1. The number of nitrogens with zero attached hydrogens (tertiary/aromatic N) is 5. The fraction of sp³-hybridized carbons (Fsp3) is 0.423. The van der Waals surface area contributed by atoms with Crippen LogP contribution in [0.2, 0.25) is 0 Å². The SMILES string of the molecule is COc1cc2c(cc1C(=O)Nc1cccc(-c3nnc4n3[C@@H](C)CC4)n1)CN(C(=O)C(C)(C)O)CC2. The largest absolute Gasteiger partial charge is 0.496 e. The van der Waals surface area contributed by atoms with E-state index in [0.29, 0.717) is 54.2 Å². The summed E-state index contributed by atoms with van der Waals surface area (Å²) in [6, 6.07) is 9.30. The summed E-state index contributed by atoms with van der Waals surface area (Å²) in [5.41, 5.74) is 1.39. The first-order chi connectivity index (χ1) is 17.2. The third-order valence-electron chi connectivity index (χ3n) is 6.80. The van der Waals surface area contributed by atoms with Gasteiger partial charge in [-0.15, -0.1) is 10.2 Å². The summed E-state index contributed by atoms with van der Waals surface area (Å²) in [6.45, 7) is 5.90. The summed E-state index contributed by atoms with van der Waals surface area (Å²) in [4.78, 5) is 32.1. The highest BCUT2D eigenvalue weighted by molar-refractivity contribution is 6.06. The molecule has 5 rings (SSSR count). The molecular formula is C26H30N6O4. The van der Waals surface area contributed by atoms with Crippen molar-refractivity contribution in [3.05, 3.63) is 52.8 Å². The fourth-order valence-electron chi connectivity index (χ4n) is 4.90. The van der Waals surface area contributed by atoms with Gasteiger partial charge in [-0.25, -0.2) is 4.98 Å². The number of benzene rings is 1. The zero-order valence-corrected chi connectivity index (χ0v) is 20.9. The van der Waals surface area contributed by atoms with Crippen LogP contribution in [0.4, 0.5) is 5.82 Å². The van der Waals surface area contributed by atoms with Crippen molar-refractivity contribution in [3.63, 3.8) is 0 Å². The lowest BCUT2D eigenvalue weighted by Gasteiger charge is -2.33. The molecule has 0 fully saturated rings. The molecule has 2 amide bonds. The maximum absolute atomic E-state index is 13.3. The van der Waals surface area contributed by atoms with Gasteiger partial charge in [-0.3, -0.25) is 9.59 Å². The molecule has 0 spiro atoms. The van der Waals surface area contributed by atoms with E-state index < -0.39 is 5.60 Å². The third kappa shape index (κ3) is 4.32. The zero-order valence-electron chi connectivity index (χ0n) is 20.9. The number of aromatic nitrogens is 4. The number of carbonyl (C=O) groups is 2. The average molecular weight is 491 g/mol. The number of nitrogens with one attached hydrogen (secondary N) is 1. The molecule has 0 saturated carbocycles. The Morgan fingerprint density at radius 3 is 2.72 bits per heavy atom. The van der Waals surface area contributed by atoms with Gasteiger partial charge in [0, 0.05) is 25.6 Å². The van der Waals surface area contributed by atoms with Gasteiger partial charge >= 0.3 is 0 Å². The van der Waals surface area contributed by atoms with E-state index in [1.807, 2.05) is 18.2 Å². The van der Waals surface area contributed by atoms with Crippen LogP contribution in [0.3, 0.4) is 0 Å². The molecule has 3 aromatic rings. The molecule has 188 valence electrons. The van der Waals surface area contributed by atoms with Gasteiger partial charge in [0.1, 0.15) is 28.7 Å². The molecule has 1 atom stereocenters. The maximum atomic E-state index is 13.3. The number of amides is 2. The number of hydrogen-bond donors (Lipinski definition) is 2. The highest BCUT2D eigenvalue weighted by atomic mass is 16.5. The smallest absolute Gasteiger partial charge is 0.260 e. The van der Waals surface area contributed by atoms with Gasteiger partial charge in [0.05, 0.1) is 12.7 Å². The number of aliphatic hydroxyl groups is 1. The van der Waals surface area contributed by atoms with Crippen molar-refractivity contribution in [2.24, 2.45) is 0 Å². The summed E-state index contributed by atoms with van der Waals surface area (Å²) in [6.07, 6.45) is 2.52. The number of aryl methyl sites for hydroxylation is 1. The van der Waals surface area contributed by atoms with E-state index in [1.54, 1.807) is 17.0 Å². The van der Waals surface area contributed by atoms with Gasteiger partial charge in [-0.05, 0) is 69.0 Å². The van der Waals surface area contributed by atoms with E-state index in [2.05, 4.69) is 32.0 Å². The van der Waals surface area contributed by atoms with Gasteiger partial charge in [0.15, 0.2) is 5.82 Å². The van der Waals surface area contributed by atoms with Crippen LogP contribution in [0.5, 0.6) is 5.75 Å². The molecule has 0 unspecified atom stereocenters. The molecular weight excluding hydrogens is 460 g/mol. The minimum absolute atomic E-state index is 0.299. The molecule has 10 heteroatoms. The van der Waals surface area contributed by atoms with Crippen LogP contribution >= 0.6 is 0 Å². The lowest BCUT2D eigenvalue weighted by Crippen LogP contribution is -2.47. The second-order valence-electron chi connectivity index (χ2n) is 9.92. The van der Waals surface area contributed by atoms with E-state index in [0.717, 1.165) is 29.8 Å². The lowest BCUT2D eigenvalue weighted by molar-refractivity contribution is -0.148. The molecule has 2 aliphatic heterocycles. The fourth-order valence-corrected chi connectivity index (χ4v) is 4.90. The molecule has 0 aliphatic carbocycles. The van der Waals surface area contributed by atoms with E-state index >= 15 is 0 Å². The zero-order chi connectivity index (χ0) is 25.6. The Balaban J connectivity index is 1.40. The maximum Gasteiger partial charge on any atom is 0.260 e. The Labute approximate surface area is 209 Å². The van der Waals surface area contributed by atoms with Crippen LogP contribution in [0.25, 0.3) is 11.5 Å². The highest BCUT2D eigenvalue weighted by Crippen LogP contribution is 2.31. The molecule has 2 aliphatic rings. The van der Waals surface area contributed by atoms with Crippen LogP contribution in [0.15, 0.2) is 30.3 Å². The molecule has 0 saturated heterocycles. The molecule has 4 heterocycles. The molecule has 0 radical (unpaired) electrons. The monoisotopic (exact) mass is 490 g/mol. The number of fused-ring (bicyclic) bond motifs is 2. The summed E-state index contributed by atoms with van der Waals surface area (Å²) in [5.74, 6) is 1.77. The van der Waals surface area contributed by atoms with Crippen LogP contribution in [-0.2, 0) is 24.2 Å². The van der Waals surface area contributed by atoms with Crippen LogP contribution in [0.1, 0.15) is 60.5 Å². The lowest BCUT2D eigenvalue weighted by atomic mass is 9.95. The summed E-state index contributed by atoms with van der Waals surface area (Å²) >= 11 is 0. The minimum atomic E-state index is -1.46. The van der Waals surface area contributed by atoms with E-state index in [1.165, 1.54) is 21.0 Å². The van der Waals surface area contributed by atoms with Crippen molar-refractivity contribution in [2.75, 3.05) is 19.0 Å². The molecule has 2 N–H and O–H groups in total. The number of carbonyl (C=O) groups excluding carboxylic acids is 2. The number of methoxy groups -OCH3 is 1. The number of pyridine rings is 1. The van der Waals surface area contributed by atoms with Crippen LogP contribution in [-0.4, -0.2) is 60.8 Å². The van der Waals surface area contributed by atoms with E-state index in [-0.39, 0.29) is 11.8 Å². The van der Waals surface area contributed by atoms with Crippen molar-refractivity contribution >= 4 is 17.6 Å². The third-order valence-corrected chi connectivity index (χ3v) is 6.80. The van der Waals surface area contributed by atoms with Crippen molar-refractivity contribution < 1.29 is 19.4 Å². The number of rotatable bonds is 5. The molecule has 0 bridgehead atoms. The quantitative estimate of drug-likeness (QED) is 0.564. The predicted molar refractivity (Wildman–Crippen MR) is 133 cm³/mol. The predicted octanol–water partition coefficient (Wildman–Crippen LogP) is 2.76. The second-order valence-corrected chi connectivity index (χ2v) is 9.92. The summed E-state index contributed by atoms with van der Waals surface area (Å²) < 4.78 is 7.62. The first-order valence-electron chi connectivity index (χ1n) is 12.1. The Kier molecular flexibility index (Phi) is 5.99. The van der Waals surface area contributed by atoms with Crippen molar-refractivity contribution in [1.29, 1.82) is 0 Å². The van der Waals surface area contributed by atoms with Crippen LogP contribution < -0.4 is 10.1 Å². The standard InChI is InChI=1S/C26H30N6O4/c1-15-8-9-22-29-30-23(32(15)22)19-6-5-7-21(27-19)28-24(33)18-12-17-14-31(25(34)26(2,3)35)11-10-16(17)13-20(18)36-4/h5-7,12-13,15,35H,8-11,14H2,1-4H3,(H,27,28,33)/t15-/m0/s1. The van der Waals surface area contributed by atoms with Crippen molar-refractivity contribution in [3.8, 4) is 17.3 Å². The topological polar surface area (TPSA) is 122 Å². The number of anilines is 1. The Morgan fingerprint density at radius 1 is 1.17 bits per heavy atom. The Bertz CT molecular complexity index is 1340. The number of hydrogen-bond acceptors (Lipinski definition) is 7. The van der Waals surface area contributed by atoms with Gasteiger partial charge in [-0.2, -0.15) is 0 Å². The van der Waals surface area contributed by atoms with E-state index in [4.69, 9.17) is 4.74 Å². The first kappa shape index (κ1) is 23.9.